The molecule has 0 atom stereocenters. The number of benzene rings is 2. The van der Waals surface area contributed by atoms with Gasteiger partial charge in [-0.15, -0.1) is 17.3 Å². The third-order valence-corrected chi connectivity index (χ3v) is 6.00. The molecule has 0 saturated carbocycles. The Bertz CT molecular complexity index is 1170. The van der Waals surface area contributed by atoms with Crippen LogP contribution in [0.1, 0.15) is 18.1 Å². The summed E-state index contributed by atoms with van der Waals surface area (Å²) in [6, 6.07) is 8.11. The first-order chi connectivity index (χ1) is 12.8. The van der Waals surface area contributed by atoms with E-state index >= 15 is 0 Å². The first kappa shape index (κ1) is 20.3. The average Bonchev–Trinajstić information content (AvgIpc) is 3.20. The zero-order valence-corrected chi connectivity index (χ0v) is 16.6. The minimum absolute atomic E-state index is 0. The summed E-state index contributed by atoms with van der Waals surface area (Å²) in [6.07, 6.45) is 0. The number of fused-ring (bicyclic) bond motifs is 3. The maximum absolute atomic E-state index is 11.5. The normalized spacial score (nSPS) is 14.1. The quantitative estimate of drug-likeness (QED) is 0.555. The van der Waals surface area contributed by atoms with Gasteiger partial charge in [-0.3, -0.25) is 4.90 Å². The van der Waals surface area contributed by atoms with Crippen molar-refractivity contribution in [1.29, 1.82) is 0 Å². The molecule has 0 unspecified atom stereocenters. The largest absolute Gasteiger partial charge is 0.493 e. The number of nitrogens with one attached hydrogen (secondary N) is 1. The number of aromatic hydroxyl groups is 1. The summed E-state index contributed by atoms with van der Waals surface area (Å²) in [6.45, 7) is 4.32. The van der Waals surface area contributed by atoms with E-state index < -0.39 is 10.0 Å². The van der Waals surface area contributed by atoms with Crippen molar-refractivity contribution in [2.75, 3.05) is 6.54 Å². The van der Waals surface area contributed by atoms with Crippen molar-refractivity contribution >= 4 is 39.0 Å². The molecule has 0 fully saturated rings. The van der Waals surface area contributed by atoms with Crippen molar-refractivity contribution in [3.63, 3.8) is 0 Å². The molecular weight excluding hydrogens is 404 g/mol. The average molecular weight is 423 g/mol. The van der Waals surface area contributed by atoms with Gasteiger partial charge in [0.25, 0.3) is 0 Å². The van der Waals surface area contributed by atoms with Gasteiger partial charge in [-0.25, -0.2) is 13.6 Å². The SMILES string of the molecule is CCN1Cc2c(-c3ccc(S(N)(=O)=O)cc3)cc3c(N=O)c(O)[nH]c3c2C1.Cl. The van der Waals surface area contributed by atoms with Crippen LogP contribution in [0.5, 0.6) is 5.88 Å². The number of H-pyrrole nitrogens is 1. The van der Waals surface area contributed by atoms with Crippen molar-refractivity contribution in [3.05, 3.63) is 46.4 Å². The lowest BCUT2D eigenvalue weighted by atomic mass is 9.94. The maximum Gasteiger partial charge on any atom is 0.238 e. The third-order valence-electron chi connectivity index (χ3n) is 5.07. The Labute approximate surface area is 167 Å². The molecule has 1 aliphatic heterocycles. The predicted molar refractivity (Wildman–Crippen MR) is 109 cm³/mol. The second-order valence-corrected chi connectivity index (χ2v) is 8.15. The summed E-state index contributed by atoms with van der Waals surface area (Å²) in [4.78, 5) is 16.3. The lowest BCUT2D eigenvalue weighted by Crippen LogP contribution is -2.14. The van der Waals surface area contributed by atoms with Gasteiger partial charge in [0.1, 0.15) is 0 Å². The first-order valence-electron chi connectivity index (χ1n) is 8.41. The van der Waals surface area contributed by atoms with E-state index in [4.69, 9.17) is 5.14 Å². The van der Waals surface area contributed by atoms with E-state index in [1.54, 1.807) is 12.1 Å². The van der Waals surface area contributed by atoms with Crippen LogP contribution >= 0.6 is 12.4 Å². The molecule has 148 valence electrons. The molecular formula is C18H19ClN4O4S. The van der Waals surface area contributed by atoms with E-state index in [1.165, 1.54) is 12.1 Å². The van der Waals surface area contributed by atoms with Gasteiger partial charge in [0.15, 0.2) is 5.69 Å². The topological polar surface area (TPSA) is 129 Å². The van der Waals surface area contributed by atoms with Crippen LogP contribution in [0, 0.1) is 4.91 Å². The van der Waals surface area contributed by atoms with Crippen molar-refractivity contribution < 1.29 is 13.5 Å². The summed E-state index contributed by atoms with van der Waals surface area (Å²) in [7, 11) is -3.77. The van der Waals surface area contributed by atoms with Crippen LogP contribution in [-0.4, -0.2) is 30.0 Å². The number of halogens is 1. The van der Waals surface area contributed by atoms with Crippen molar-refractivity contribution in [2.24, 2.45) is 10.3 Å². The molecule has 0 radical (unpaired) electrons. The van der Waals surface area contributed by atoms with Gasteiger partial charge in [0, 0.05) is 18.5 Å². The fourth-order valence-corrected chi connectivity index (χ4v) is 4.19. The third kappa shape index (κ3) is 3.16. The smallest absolute Gasteiger partial charge is 0.238 e. The van der Waals surface area contributed by atoms with Crippen LogP contribution < -0.4 is 5.14 Å². The summed E-state index contributed by atoms with van der Waals surface area (Å²) in [5, 5.41) is 18.7. The maximum atomic E-state index is 11.5. The van der Waals surface area contributed by atoms with Crippen LogP contribution in [0.25, 0.3) is 22.0 Å². The van der Waals surface area contributed by atoms with E-state index in [0.717, 1.165) is 35.3 Å². The summed E-state index contributed by atoms with van der Waals surface area (Å²) in [5.41, 5.74) is 4.44. The second-order valence-electron chi connectivity index (χ2n) is 6.59. The highest BCUT2D eigenvalue weighted by Crippen LogP contribution is 2.44. The highest BCUT2D eigenvalue weighted by Gasteiger charge is 2.27. The molecule has 0 amide bonds. The standard InChI is InChI=1S/C18H18N4O4S.ClH/c1-2-22-8-14-12(10-3-5-11(6-4-10)27(19,25)26)7-13-16(15(14)9-22)20-18(23)17(13)21-24;/h3-7,20,23H,2,8-9H2,1H3,(H2,19,25,26);1H. The molecule has 0 spiro atoms. The van der Waals surface area contributed by atoms with Crippen molar-refractivity contribution in [3.8, 4) is 17.0 Å². The van der Waals surface area contributed by atoms with Crippen LogP contribution in [-0.2, 0) is 23.1 Å². The number of aromatic amines is 1. The highest BCUT2D eigenvalue weighted by molar-refractivity contribution is 7.89. The van der Waals surface area contributed by atoms with Gasteiger partial charge < -0.3 is 10.1 Å². The monoisotopic (exact) mass is 422 g/mol. The molecule has 1 aromatic heterocycles. The zero-order valence-electron chi connectivity index (χ0n) is 15.0. The van der Waals surface area contributed by atoms with Gasteiger partial charge in [0.05, 0.1) is 10.4 Å². The number of hydrogen-bond donors (Lipinski definition) is 3. The van der Waals surface area contributed by atoms with Gasteiger partial charge in [-0.2, -0.15) is 0 Å². The number of primary sulfonamides is 1. The van der Waals surface area contributed by atoms with Gasteiger partial charge in [-0.1, -0.05) is 19.1 Å². The Morgan fingerprint density at radius 1 is 1.21 bits per heavy atom. The number of nitroso groups, excluding NO2 is 1. The second kappa shape index (κ2) is 7.17. The van der Waals surface area contributed by atoms with Gasteiger partial charge >= 0.3 is 0 Å². The summed E-state index contributed by atoms with van der Waals surface area (Å²) in [5.74, 6) is -0.251. The number of hydrogen-bond acceptors (Lipinski definition) is 6. The molecule has 8 nitrogen and oxygen atoms in total. The zero-order chi connectivity index (χ0) is 19.3. The lowest BCUT2D eigenvalue weighted by molar-refractivity contribution is 0.301. The summed E-state index contributed by atoms with van der Waals surface area (Å²) < 4.78 is 23.0. The number of nitrogens with two attached hydrogens (primary N) is 1. The molecule has 4 rings (SSSR count). The van der Waals surface area contributed by atoms with Crippen molar-refractivity contribution in [2.45, 2.75) is 24.9 Å². The Morgan fingerprint density at radius 3 is 2.43 bits per heavy atom. The van der Waals surface area contributed by atoms with Crippen LogP contribution in [0.15, 0.2) is 40.4 Å². The van der Waals surface area contributed by atoms with E-state index in [1.807, 2.05) is 6.07 Å². The van der Waals surface area contributed by atoms with Crippen LogP contribution in [0.3, 0.4) is 0 Å². The number of sulfonamides is 1. The molecule has 2 heterocycles. The van der Waals surface area contributed by atoms with Crippen molar-refractivity contribution in [1.82, 2.24) is 9.88 Å². The van der Waals surface area contributed by atoms with Gasteiger partial charge in [-0.05, 0) is 52.2 Å². The van der Waals surface area contributed by atoms with E-state index in [0.29, 0.717) is 17.4 Å². The van der Waals surface area contributed by atoms with E-state index in [9.17, 15) is 18.4 Å². The molecule has 1 aliphatic rings. The van der Waals surface area contributed by atoms with Crippen LogP contribution in [0.2, 0.25) is 0 Å². The first-order valence-corrected chi connectivity index (χ1v) is 9.96. The van der Waals surface area contributed by atoms with E-state index in [-0.39, 0.29) is 28.9 Å². The Hall–Kier alpha value is -2.46. The Morgan fingerprint density at radius 2 is 1.86 bits per heavy atom. The Balaban J connectivity index is 0.00000225. The van der Waals surface area contributed by atoms with E-state index in [2.05, 4.69) is 22.0 Å². The molecule has 2 aromatic carbocycles. The molecule has 0 aliphatic carbocycles. The summed E-state index contributed by atoms with van der Waals surface area (Å²) >= 11 is 0. The number of nitrogens with zero attached hydrogens (tertiary/aromatic N) is 2. The minimum Gasteiger partial charge on any atom is -0.493 e. The molecule has 3 aromatic rings. The van der Waals surface area contributed by atoms with Crippen LogP contribution in [0.4, 0.5) is 5.69 Å². The fourth-order valence-electron chi connectivity index (χ4n) is 3.67. The Kier molecular flexibility index (Phi) is 5.20. The predicted octanol–water partition coefficient (Wildman–Crippen LogP) is 3.34. The molecule has 4 N–H and O–H groups in total. The molecule has 28 heavy (non-hydrogen) atoms. The molecule has 0 saturated heterocycles. The highest BCUT2D eigenvalue weighted by atomic mass is 35.5. The lowest BCUT2D eigenvalue weighted by Gasteiger charge is -2.11. The minimum atomic E-state index is -3.77. The number of aromatic nitrogens is 1. The molecule has 0 bridgehead atoms. The molecule has 10 heteroatoms. The van der Waals surface area contributed by atoms with Gasteiger partial charge in [0.2, 0.25) is 15.9 Å². The fraction of sp³-hybridized carbons (Fsp3) is 0.222. The number of rotatable bonds is 4.